The number of rotatable bonds is 2. The van der Waals surface area contributed by atoms with Crippen LogP contribution in [0.5, 0.6) is 0 Å². The summed E-state index contributed by atoms with van der Waals surface area (Å²) in [5.74, 6) is -0.703. The fourth-order valence-corrected chi connectivity index (χ4v) is 3.07. The molecule has 4 nitrogen and oxygen atoms in total. The normalized spacial score (nSPS) is 19.1. The van der Waals surface area contributed by atoms with Crippen molar-refractivity contribution in [2.75, 3.05) is 7.11 Å². The largest absolute Gasteiger partial charge is 0.466 e. The molecule has 1 aromatic carbocycles. The zero-order chi connectivity index (χ0) is 14.0. The van der Waals surface area contributed by atoms with E-state index < -0.39 is 0 Å². The molecule has 1 N–H and O–H groups in total. The topological polar surface area (TPSA) is 55.4 Å². The molecule has 100 valence electrons. The molecule has 1 amide bonds. The molecule has 1 aliphatic heterocycles. The first kappa shape index (κ1) is 14.0. The van der Waals surface area contributed by atoms with E-state index in [0.29, 0.717) is 11.3 Å². The van der Waals surface area contributed by atoms with Crippen molar-refractivity contribution >= 4 is 34.5 Å². The van der Waals surface area contributed by atoms with Crippen molar-refractivity contribution in [2.45, 2.75) is 19.3 Å². The van der Waals surface area contributed by atoms with Gasteiger partial charge in [0.05, 0.1) is 12.7 Å². The summed E-state index contributed by atoms with van der Waals surface area (Å²) < 4.78 is 5.87. The summed E-state index contributed by atoms with van der Waals surface area (Å²) in [5.41, 5.74) is 2.09. The van der Waals surface area contributed by atoms with E-state index in [0.717, 1.165) is 9.13 Å². The quantitative estimate of drug-likeness (QED) is 0.642. The molecule has 0 saturated carbocycles. The van der Waals surface area contributed by atoms with E-state index in [1.807, 2.05) is 24.3 Å². The maximum atomic E-state index is 11.9. The maximum Gasteiger partial charge on any atom is 0.336 e. The Morgan fingerprint density at radius 3 is 2.74 bits per heavy atom. The molecular formula is C14H14INO3. The Morgan fingerprint density at radius 2 is 2.11 bits per heavy atom. The van der Waals surface area contributed by atoms with E-state index in [4.69, 9.17) is 4.74 Å². The fraction of sp³-hybridized carbons (Fsp3) is 0.286. The van der Waals surface area contributed by atoms with Gasteiger partial charge in [0, 0.05) is 21.6 Å². The average Bonchev–Trinajstić information content (AvgIpc) is 2.37. The van der Waals surface area contributed by atoms with Crippen LogP contribution in [0.3, 0.4) is 0 Å². The number of esters is 1. The lowest BCUT2D eigenvalue weighted by molar-refractivity contribution is -0.136. The first-order valence-corrected chi connectivity index (χ1v) is 6.95. The van der Waals surface area contributed by atoms with Gasteiger partial charge < -0.3 is 10.1 Å². The van der Waals surface area contributed by atoms with Crippen LogP contribution in [-0.2, 0) is 14.3 Å². The minimum absolute atomic E-state index is 0.0743. The van der Waals surface area contributed by atoms with Crippen LogP contribution in [0.4, 0.5) is 0 Å². The Morgan fingerprint density at radius 1 is 1.42 bits per heavy atom. The second-order valence-corrected chi connectivity index (χ2v) is 5.52. The van der Waals surface area contributed by atoms with Gasteiger partial charge in [-0.1, -0.05) is 18.2 Å². The van der Waals surface area contributed by atoms with Gasteiger partial charge in [-0.05, 0) is 41.1 Å². The van der Waals surface area contributed by atoms with Gasteiger partial charge in [0.1, 0.15) is 0 Å². The Bertz CT molecular complexity index is 566. The molecule has 0 saturated heterocycles. The molecule has 0 fully saturated rings. The van der Waals surface area contributed by atoms with Crippen molar-refractivity contribution in [2.24, 2.45) is 0 Å². The predicted molar refractivity (Wildman–Crippen MR) is 79.4 cm³/mol. The highest BCUT2D eigenvalue weighted by molar-refractivity contribution is 14.1. The number of allylic oxidation sites excluding steroid dienone is 1. The van der Waals surface area contributed by atoms with E-state index >= 15 is 0 Å². The summed E-state index contributed by atoms with van der Waals surface area (Å²) >= 11 is 2.22. The molecule has 0 aliphatic carbocycles. The van der Waals surface area contributed by atoms with Gasteiger partial charge in [0.25, 0.3) is 0 Å². The number of hydrogen-bond acceptors (Lipinski definition) is 3. The van der Waals surface area contributed by atoms with Crippen molar-refractivity contribution in [3.05, 3.63) is 44.7 Å². The third-order valence-corrected chi connectivity index (χ3v) is 4.14. The number of nitrogens with one attached hydrogen (secondary N) is 1. The smallest absolute Gasteiger partial charge is 0.336 e. The summed E-state index contributed by atoms with van der Waals surface area (Å²) in [6.07, 6.45) is 0.266. The van der Waals surface area contributed by atoms with Crippen molar-refractivity contribution in [1.29, 1.82) is 0 Å². The van der Waals surface area contributed by atoms with E-state index in [9.17, 15) is 9.59 Å². The lowest BCUT2D eigenvalue weighted by Crippen LogP contribution is -2.34. The summed E-state index contributed by atoms with van der Waals surface area (Å²) in [7, 11) is 1.35. The molecule has 1 heterocycles. The van der Waals surface area contributed by atoms with Gasteiger partial charge in [-0.2, -0.15) is 0 Å². The van der Waals surface area contributed by atoms with Crippen LogP contribution in [0.2, 0.25) is 0 Å². The Balaban J connectivity index is 2.53. The standard InChI is InChI=1S/C14H14INO3/c1-8-13(14(18)19-2)10(7-12(17)16-8)9-5-3-4-6-11(9)15/h3-6,10H,7H2,1-2H3,(H,16,17). The number of amides is 1. The number of methoxy groups -OCH3 is 1. The van der Waals surface area contributed by atoms with Crippen molar-refractivity contribution < 1.29 is 14.3 Å². The first-order chi connectivity index (χ1) is 9.04. The van der Waals surface area contributed by atoms with Gasteiger partial charge in [-0.3, -0.25) is 4.79 Å². The molecule has 1 atom stereocenters. The number of halogens is 1. The maximum absolute atomic E-state index is 11.9. The van der Waals surface area contributed by atoms with Crippen LogP contribution >= 0.6 is 22.6 Å². The van der Waals surface area contributed by atoms with Gasteiger partial charge in [0.15, 0.2) is 0 Å². The zero-order valence-corrected chi connectivity index (χ0v) is 12.9. The van der Waals surface area contributed by atoms with Gasteiger partial charge >= 0.3 is 5.97 Å². The van der Waals surface area contributed by atoms with E-state index in [1.54, 1.807) is 6.92 Å². The molecule has 0 spiro atoms. The van der Waals surface area contributed by atoms with Crippen LogP contribution in [0.25, 0.3) is 0 Å². The SMILES string of the molecule is COC(=O)C1=C(C)NC(=O)CC1c1ccccc1I. The van der Waals surface area contributed by atoms with E-state index in [1.165, 1.54) is 7.11 Å². The number of carbonyl (C=O) groups excluding carboxylic acids is 2. The molecule has 1 aliphatic rings. The summed E-state index contributed by atoms with van der Waals surface area (Å²) in [5, 5.41) is 2.70. The van der Waals surface area contributed by atoms with Gasteiger partial charge in [-0.25, -0.2) is 4.79 Å². The third kappa shape index (κ3) is 2.80. The molecule has 2 rings (SSSR count). The number of benzene rings is 1. The second-order valence-electron chi connectivity index (χ2n) is 4.36. The summed E-state index contributed by atoms with van der Waals surface area (Å²) in [6, 6.07) is 7.75. The van der Waals surface area contributed by atoms with Crippen molar-refractivity contribution in [1.82, 2.24) is 5.32 Å². The molecule has 0 aromatic heterocycles. The van der Waals surface area contributed by atoms with E-state index in [2.05, 4.69) is 27.9 Å². The summed E-state index contributed by atoms with van der Waals surface area (Å²) in [4.78, 5) is 23.7. The highest BCUT2D eigenvalue weighted by Gasteiger charge is 2.33. The van der Waals surface area contributed by atoms with Crippen LogP contribution in [0, 0.1) is 3.57 Å². The monoisotopic (exact) mass is 371 g/mol. The van der Waals surface area contributed by atoms with Crippen molar-refractivity contribution in [3.63, 3.8) is 0 Å². The summed E-state index contributed by atoms with van der Waals surface area (Å²) in [6.45, 7) is 1.73. The Hall–Kier alpha value is -1.37. The molecule has 1 aromatic rings. The van der Waals surface area contributed by atoms with Gasteiger partial charge in [0.2, 0.25) is 5.91 Å². The number of ether oxygens (including phenoxy) is 1. The van der Waals surface area contributed by atoms with Crippen LogP contribution in [0.1, 0.15) is 24.8 Å². The minimum Gasteiger partial charge on any atom is -0.466 e. The Kier molecular flexibility index (Phi) is 4.24. The number of carbonyl (C=O) groups is 2. The lowest BCUT2D eigenvalue weighted by atomic mass is 9.84. The third-order valence-electron chi connectivity index (χ3n) is 3.15. The minimum atomic E-state index is -0.387. The van der Waals surface area contributed by atoms with Crippen LogP contribution in [0.15, 0.2) is 35.5 Å². The predicted octanol–water partition coefficient (Wildman–Crippen LogP) is 2.34. The Labute approximate surface area is 125 Å². The molecule has 5 heteroatoms. The molecular weight excluding hydrogens is 357 g/mol. The van der Waals surface area contributed by atoms with Crippen molar-refractivity contribution in [3.8, 4) is 0 Å². The number of hydrogen-bond donors (Lipinski definition) is 1. The molecule has 19 heavy (non-hydrogen) atoms. The molecule has 1 unspecified atom stereocenters. The van der Waals surface area contributed by atoms with Gasteiger partial charge in [-0.15, -0.1) is 0 Å². The fourth-order valence-electron chi connectivity index (χ4n) is 2.30. The van der Waals surface area contributed by atoms with E-state index in [-0.39, 0.29) is 24.2 Å². The first-order valence-electron chi connectivity index (χ1n) is 5.88. The average molecular weight is 371 g/mol. The van der Waals surface area contributed by atoms with Crippen LogP contribution < -0.4 is 5.32 Å². The van der Waals surface area contributed by atoms with Crippen LogP contribution in [-0.4, -0.2) is 19.0 Å². The lowest BCUT2D eigenvalue weighted by Gasteiger charge is -2.26. The highest BCUT2D eigenvalue weighted by Crippen LogP contribution is 2.35. The highest BCUT2D eigenvalue weighted by atomic mass is 127. The second kappa shape index (κ2) is 5.73. The zero-order valence-electron chi connectivity index (χ0n) is 10.7. The molecule has 0 bridgehead atoms. The molecule has 0 radical (unpaired) electrons.